The van der Waals surface area contributed by atoms with Crippen molar-refractivity contribution in [1.29, 1.82) is 0 Å². The summed E-state index contributed by atoms with van der Waals surface area (Å²) in [6, 6.07) is 0.0996. The van der Waals surface area contributed by atoms with E-state index in [9.17, 15) is 8.42 Å². The molecule has 0 aromatic rings. The van der Waals surface area contributed by atoms with Gasteiger partial charge in [-0.1, -0.05) is 13.8 Å². The van der Waals surface area contributed by atoms with Gasteiger partial charge < -0.3 is 10.1 Å². The van der Waals surface area contributed by atoms with E-state index in [1.54, 1.807) is 0 Å². The van der Waals surface area contributed by atoms with Gasteiger partial charge in [0.15, 0.2) is 0 Å². The highest BCUT2D eigenvalue weighted by atomic mass is 32.2. The summed E-state index contributed by atoms with van der Waals surface area (Å²) in [6.45, 7) is 6.53. The van der Waals surface area contributed by atoms with Crippen molar-refractivity contribution in [3.8, 4) is 0 Å². The first-order chi connectivity index (χ1) is 7.49. The van der Waals surface area contributed by atoms with Gasteiger partial charge in [0.25, 0.3) is 0 Å². The van der Waals surface area contributed by atoms with Gasteiger partial charge in [-0.05, 0) is 12.3 Å². The van der Waals surface area contributed by atoms with Crippen LogP contribution in [0, 0.1) is 5.92 Å². The third-order valence-corrected chi connectivity index (χ3v) is 3.89. The molecular formula is C10H22N2O3S. The minimum Gasteiger partial charge on any atom is -0.378 e. The largest absolute Gasteiger partial charge is 0.378 e. The zero-order chi connectivity index (χ0) is 12.0. The fourth-order valence-corrected chi connectivity index (χ4v) is 2.82. The highest BCUT2D eigenvalue weighted by molar-refractivity contribution is 7.89. The molecule has 1 fully saturated rings. The van der Waals surface area contributed by atoms with Crippen LogP contribution in [0.2, 0.25) is 0 Å². The Labute approximate surface area is 98.0 Å². The van der Waals surface area contributed by atoms with Gasteiger partial charge in [0.05, 0.1) is 19.0 Å². The number of hydrogen-bond donors (Lipinski definition) is 2. The molecule has 1 rings (SSSR count). The minimum absolute atomic E-state index is 0.0996. The number of nitrogens with one attached hydrogen (secondary N) is 2. The van der Waals surface area contributed by atoms with E-state index in [-0.39, 0.29) is 11.8 Å². The lowest BCUT2D eigenvalue weighted by atomic mass is 10.2. The Balaban J connectivity index is 2.24. The Hall–Kier alpha value is -0.170. The first kappa shape index (κ1) is 13.9. The highest BCUT2D eigenvalue weighted by Crippen LogP contribution is 2.02. The summed E-state index contributed by atoms with van der Waals surface area (Å²) < 4.78 is 31.1. The molecule has 0 radical (unpaired) electrons. The number of ether oxygens (including phenoxy) is 1. The Morgan fingerprint density at radius 1 is 1.50 bits per heavy atom. The molecule has 16 heavy (non-hydrogen) atoms. The molecule has 0 bridgehead atoms. The standard InChI is InChI=1S/C10H22N2O3S/c1-9(2)3-6-16(13,14)12-7-10-8-15-5-4-11-10/h9-12H,3-8H2,1-2H3. The summed E-state index contributed by atoms with van der Waals surface area (Å²) in [7, 11) is -3.12. The van der Waals surface area contributed by atoms with Crippen molar-refractivity contribution in [1.82, 2.24) is 10.0 Å². The van der Waals surface area contributed by atoms with Crippen LogP contribution in [0.4, 0.5) is 0 Å². The molecule has 1 saturated heterocycles. The molecular weight excluding hydrogens is 228 g/mol. The molecule has 0 aromatic heterocycles. The molecule has 0 aliphatic carbocycles. The molecule has 0 amide bonds. The molecule has 0 saturated carbocycles. The summed E-state index contributed by atoms with van der Waals surface area (Å²) >= 11 is 0. The number of hydrogen-bond acceptors (Lipinski definition) is 4. The fraction of sp³-hybridized carbons (Fsp3) is 1.00. The van der Waals surface area contributed by atoms with Crippen LogP contribution in [0.3, 0.4) is 0 Å². The Morgan fingerprint density at radius 2 is 2.25 bits per heavy atom. The second-order valence-electron chi connectivity index (χ2n) is 4.58. The normalized spacial score (nSPS) is 22.6. The summed E-state index contributed by atoms with van der Waals surface area (Å²) in [5.41, 5.74) is 0. The van der Waals surface area contributed by atoms with Crippen LogP contribution < -0.4 is 10.0 Å². The molecule has 2 N–H and O–H groups in total. The lowest BCUT2D eigenvalue weighted by Gasteiger charge is -2.23. The van der Waals surface area contributed by atoms with Gasteiger partial charge in [0.1, 0.15) is 0 Å². The van der Waals surface area contributed by atoms with Crippen molar-refractivity contribution in [3.05, 3.63) is 0 Å². The average Bonchev–Trinajstić information content (AvgIpc) is 2.26. The van der Waals surface area contributed by atoms with Crippen LogP contribution in [0.15, 0.2) is 0 Å². The van der Waals surface area contributed by atoms with E-state index < -0.39 is 10.0 Å². The van der Waals surface area contributed by atoms with Crippen LogP contribution in [0.1, 0.15) is 20.3 Å². The second kappa shape index (κ2) is 6.54. The zero-order valence-electron chi connectivity index (χ0n) is 10.0. The zero-order valence-corrected chi connectivity index (χ0v) is 10.8. The van der Waals surface area contributed by atoms with Gasteiger partial charge in [-0.3, -0.25) is 0 Å². The molecule has 5 nitrogen and oxygen atoms in total. The summed E-state index contributed by atoms with van der Waals surface area (Å²) in [5.74, 6) is 0.617. The SMILES string of the molecule is CC(C)CCS(=O)(=O)NCC1COCCN1. The van der Waals surface area contributed by atoms with E-state index in [0.717, 1.165) is 6.54 Å². The van der Waals surface area contributed by atoms with E-state index in [4.69, 9.17) is 4.74 Å². The third kappa shape index (κ3) is 5.79. The maximum absolute atomic E-state index is 11.6. The van der Waals surface area contributed by atoms with Crippen LogP contribution in [-0.4, -0.2) is 46.5 Å². The summed E-state index contributed by atoms with van der Waals surface area (Å²) in [4.78, 5) is 0. The van der Waals surface area contributed by atoms with Gasteiger partial charge >= 0.3 is 0 Å². The van der Waals surface area contributed by atoms with E-state index in [1.807, 2.05) is 13.8 Å². The van der Waals surface area contributed by atoms with Gasteiger partial charge in [-0.2, -0.15) is 0 Å². The van der Waals surface area contributed by atoms with Crippen LogP contribution >= 0.6 is 0 Å². The molecule has 0 spiro atoms. The summed E-state index contributed by atoms with van der Waals surface area (Å²) in [6.07, 6.45) is 0.698. The predicted molar refractivity (Wildman–Crippen MR) is 63.9 cm³/mol. The van der Waals surface area contributed by atoms with Crippen molar-refractivity contribution in [2.75, 3.05) is 32.1 Å². The van der Waals surface area contributed by atoms with Crippen LogP contribution in [0.25, 0.3) is 0 Å². The Morgan fingerprint density at radius 3 is 2.81 bits per heavy atom. The third-order valence-electron chi connectivity index (χ3n) is 2.51. The minimum atomic E-state index is -3.12. The number of rotatable bonds is 6. The molecule has 1 atom stereocenters. The van der Waals surface area contributed by atoms with Crippen molar-refractivity contribution < 1.29 is 13.2 Å². The molecule has 1 aliphatic rings. The first-order valence-corrected chi connectivity index (χ1v) is 7.43. The molecule has 1 heterocycles. The number of morpholine rings is 1. The van der Waals surface area contributed by atoms with Gasteiger partial charge in [-0.25, -0.2) is 13.1 Å². The second-order valence-corrected chi connectivity index (χ2v) is 6.50. The lowest BCUT2D eigenvalue weighted by Crippen LogP contribution is -2.48. The predicted octanol–water partition coefficient (Wildman–Crippen LogP) is -0.0597. The maximum atomic E-state index is 11.6. The van der Waals surface area contributed by atoms with E-state index in [0.29, 0.717) is 32.1 Å². The highest BCUT2D eigenvalue weighted by Gasteiger charge is 2.17. The van der Waals surface area contributed by atoms with E-state index >= 15 is 0 Å². The fourth-order valence-electron chi connectivity index (χ4n) is 1.44. The van der Waals surface area contributed by atoms with Gasteiger partial charge in [0, 0.05) is 19.1 Å². The molecule has 1 unspecified atom stereocenters. The van der Waals surface area contributed by atoms with Gasteiger partial charge in [-0.15, -0.1) is 0 Å². The Kier molecular flexibility index (Phi) is 5.68. The molecule has 0 aromatic carbocycles. The quantitative estimate of drug-likeness (QED) is 0.693. The smallest absolute Gasteiger partial charge is 0.211 e. The van der Waals surface area contributed by atoms with Crippen molar-refractivity contribution >= 4 is 10.0 Å². The van der Waals surface area contributed by atoms with Crippen molar-refractivity contribution in [2.24, 2.45) is 5.92 Å². The van der Waals surface area contributed by atoms with Gasteiger partial charge in [0.2, 0.25) is 10.0 Å². The molecule has 6 heteroatoms. The van der Waals surface area contributed by atoms with E-state index in [2.05, 4.69) is 10.0 Å². The van der Waals surface area contributed by atoms with E-state index in [1.165, 1.54) is 0 Å². The summed E-state index contributed by atoms with van der Waals surface area (Å²) in [5, 5.41) is 3.20. The van der Waals surface area contributed by atoms with Crippen molar-refractivity contribution in [3.63, 3.8) is 0 Å². The first-order valence-electron chi connectivity index (χ1n) is 5.78. The average molecular weight is 250 g/mol. The molecule has 96 valence electrons. The Bertz CT molecular complexity index is 284. The molecule has 1 aliphatic heterocycles. The monoisotopic (exact) mass is 250 g/mol. The lowest BCUT2D eigenvalue weighted by molar-refractivity contribution is 0.0784. The van der Waals surface area contributed by atoms with Crippen LogP contribution in [0.5, 0.6) is 0 Å². The number of sulfonamides is 1. The maximum Gasteiger partial charge on any atom is 0.211 e. The van der Waals surface area contributed by atoms with Crippen LogP contribution in [-0.2, 0) is 14.8 Å². The topological polar surface area (TPSA) is 67.4 Å². The van der Waals surface area contributed by atoms with Crippen molar-refractivity contribution in [2.45, 2.75) is 26.3 Å².